The number of aromatic nitrogens is 1. The molecule has 0 saturated carbocycles. The summed E-state index contributed by atoms with van der Waals surface area (Å²) in [7, 11) is 0. The van der Waals surface area contributed by atoms with Crippen molar-refractivity contribution in [2.45, 2.75) is 0 Å². The van der Waals surface area contributed by atoms with Crippen LogP contribution in [0.15, 0.2) is 18.3 Å². The summed E-state index contributed by atoms with van der Waals surface area (Å²) in [6.45, 7) is 0. The van der Waals surface area contributed by atoms with Crippen LogP contribution in [0.5, 0.6) is 0 Å². The van der Waals surface area contributed by atoms with Crippen LogP contribution in [0.4, 0.5) is 11.5 Å². The summed E-state index contributed by atoms with van der Waals surface area (Å²) in [4.78, 5) is 3.70. The fourth-order valence-corrected chi connectivity index (χ4v) is 0.693. The van der Waals surface area contributed by atoms with E-state index in [1.807, 2.05) is 0 Å². The van der Waals surface area contributed by atoms with Gasteiger partial charge in [0.05, 0.1) is 0 Å². The predicted octanol–water partition coefficient (Wildman–Crippen LogP) is -1.23. The van der Waals surface area contributed by atoms with Crippen LogP contribution in [0.1, 0.15) is 0 Å². The molecule has 0 radical (unpaired) electrons. The summed E-state index contributed by atoms with van der Waals surface area (Å²) in [6.07, 6.45) is 1.46. The van der Waals surface area contributed by atoms with Crippen molar-refractivity contribution >= 4 is 11.5 Å². The van der Waals surface area contributed by atoms with Crippen molar-refractivity contribution in [3.05, 3.63) is 23.5 Å². The first-order valence-corrected chi connectivity index (χ1v) is 2.90. The van der Waals surface area contributed by atoms with E-state index in [2.05, 4.69) is 10.4 Å². The lowest BCUT2D eigenvalue weighted by Gasteiger charge is -2.13. The molecule has 5 N–H and O–H groups in total. The van der Waals surface area contributed by atoms with E-state index in [0.717, 1.165) is 0 Å². The maximum atomic E-state index is 10.4. The Bertz CT molecular complexity index is 240. The Kier molecular flexibility index (Phi) is 2.34. The largest absolute Gasteiger partial charge is 0.595 e. The normalized spacial score (nSPS) is 12.6. The third-order valence-electron chi connectivity index (χ3n) is 1.17. The van der Waals surface area contributed by atoms with Gasteiger partial charge < -0.3 is 10.6 Å². The number of anilines is 1. The molecule has 0 aliphatic rings. The number of pyridine rings is 1. The van der Waals surface area contributed by atoms with E-state index in [1.165, 1.54) is 18.3 Å². The summed E-state index contributed by atoms with van der Waals surface area (Å²) in [5.41, 5.74) is 2.25. The highest BCUT2D eigenvalue weighted by Gasteiger charge is 2.06. The molecule has 0 saturated heterocycles. The molecule has 0 bridgehead atoms. The number of hydrazine groups is 1. The van der Waals surface area contributed by atoms with Gasteiger partial charge in [0.15, 0.2) is 0 Å². The molecular weight excluding hydrogens is 148 g/mol. The highest BCUT2D eigenvalue weighted by atomic mass is 16.8. The molecule has 1 rings (SSSR count). The van der Waals surface area contributed by atoms with Gasteiger partial charge in [-0.3, -0.25) is 0 Å². The van der Waals surface area contributed by atoms with Crippen LogP contribution >= 0.6 is 0 Å². The third kappa shape index (κ3) is 1.63. The Hall–Kier alpha value is -1.21. The molecule has 0 fully saturated rings. The van der Waals surface area contributed by atoms with E-state index < -0.39 is 5.23 Å². The van der Waals surface area contributed by atoms with Crippen molar-refractivity contribution in [3.63, 3.8) is 0 Å². The highest BCUT2D eigenvalue weighted by Crippen LogP contribution is 2.09. The second-order valence-electron chi connectivity index (χ2n) is 1.85. The van der Waals surface area contributed by atoms with E-state index in [-0.39, 0.29) is 11.5 Å². The van der Waals surface area contributed by atoms with E-state index >= 15 is 0 Å². The highest BCUT2D eigenvalue weighted by molar-refractivity contribution is 5.53. The van der Waals surface area contributed by atoms with Gasteiger partial charge in [-0.05, 0) is 6.07 Å². The number of nitrogens with two attached hydrogens (primary N) is 1. The molecule has 6 heteroatoms. The van der Waals surface area contributed by atoms with Gasteiger partial charge in [0.2, 0.25) is 11.5 Å². The quantitative estimate of drug-likeness (QED) is 0.317. The van der Waals surface area contributed by atoms with Crippen molar-refractivity contribution in [2.75, 3.05) is 5.43 Å². The van der Waals surface area contributed by atoms with E-state index in [4.69, 9.17) is 11.0 Å². The van der Waals surface area contributed by atoms with Gasteiger partial charge in [-0.15, -0.1) is 0 Å². The zero-order valence-electron chi connectivity index (χ0n) is 5.61. The maximum Gasteiger partial charge on any atom is 0.207 e. The van der Waals surface area contributed by atoms with Crippen molar-refractivity contribution in [2.24, 2.45) is 5.84 Å². The molecule has 6 nitrogen and oxygen atoms in total. The Balaban J connectivity index is 3.02. The molecule has 11 heavy (non-hydrogen) atoms. The number of quaternary nitrogens is 1. The molecule has 1 aromatic heterocycles. The van der Waals surface area contributed by atoms with Crippen LogP contribution in [-0.2, 0) is 0 Å². The maximum absolute atomic E-state index is 10.4. The average Bonchev–Trinajstić information content (AvgIpc) is 2.04. The SMILES string of the molecule is NNc1ncccc1[NH+]([O-])O. The van der Waals surface area contributed by atoms with Gasteiger partial charge >= 0.3 is 0 Å². The van der Waals surface area contributed by atoms with Crippen LogP contribution in [0.25, 0.3) is 0 Å². The third-order valence-corrected chi connectivity index (χ3v) is 1.17. The average molecular weight is 156 g/mol. The fourth-order valence-electron chi connectivity index (χ4n) is 0.693. The van der Waals surface area contributed by atoms with E-state index in [0.29, 0.717) is 0 Å². The van der Waals surface area contributed by atoms with Crippen LogP contribution in [0.3, 0.4) is 0 Å². The summed E-state index contributed by atoms with van der Waals surface area (Å²) in [6, 6.07) is 2.95. The molecule has 1 aromatic rings. The van der Waals surface area contributed by atoms with Gasteiger partial charge in [-0.25, -0.2) is 16.0 Å². The van der Waals surface area contributed by atoms with Crippen LogP contribution < -0.4 is 16.5 Å². The lowest BCUT2D eigenvalue weighted by Crippen LogP contribution is -2.99. The van der Waals surface area contributed by atoms with Crippen LogP contribution in [0, 0.1) is 5.21 Å². The fraction of sp³-hybridized carbons (Fsp3) is 0. The lowest BCUT2D eigenvalue weighted by atomic mass is 10.4. The predicted molar refractivity (Wildman–Crippen MR) is 37.8 cm³/mol. The molecule has 0 spiro atoms. The molecule has 1 unspecified atom stereocenters. The minimum absolute atomic E-state index is 0.0648. The molecule has 0 aliphatic carbocycles. The minimum atomic E-state index is -1.05. The molecule has 0 aromatic carbocycles. The van der Waals surface area contributed by atoms with Gasteiger partial charge in [0.1, 0.15) is 0 Å². The summed E-state index contributed by atoms with van der Waals surface area (Å²) in [5, 5.41) is 18.0. The van der Waals surface area contributed by atoms with Gasteiger partial charge in [-0.1, -0.05) is 0 Å². The second-order valence-corrected chi connectivity index (χ2v) is 1.85. The van der Waals surface area contributed by atoms with Crippen molar-refractivity contribution < 1.29 is 10.4 Å². The Morgan fingerprint density at radius 2 is 2.45 bits per heavy atom. The van der Waals surface area contributed by atoms with Crippen molar-refractivity contribution in [1.82, 2.24) is 4.98 Å². The summed E-state index contributed by atoms with van der Waals surface area (Å²) < 4.78 is 0. The van der Waals surface area contributed by atoms with Crippen LogP contribution in [-0.4, -0.2) is 10.2 Å². The topological polar surface area (TPSA) is 98.7 Å². The monoisotopic (exact) mass is 156 g/mol. The summed E-state index contributed by atoms with van der Waals surface area (Å²) >= 11 is 0. The van der Waals surface area contributed by atoms with Gasteiger partial charge in [-0.2, -0.15) is 5.23 Å². The smallest absolute Gasteiger partial charge is 0.207 e. The standard InChI is InChI=1S/C5H8N4O2/c6-8-5-4(9(10)11)2-1-3-7-5/h1-3,9-10H,6H2,(H,7,8). The van der Waals surface area contributed by atoms with Crippen LogP contribution in [0.2, 0.25) is 0 Å². The Morgan fingerprint density at radius 1 is 1.73 bits per heavy atom. The van der Waals surface area contributed by atoms with E-state index in [1.54, 1.807) is 0 Å². The number of hydrogen-bond donors (Lipinski definition) is 4. The zero-order chi connectivity index (χ0) is 8.27. The molecule has 1 heterocycles. The summed E-state index contributed by atoms with van der Waals surface area (Å²) in [5.74, 6) is 5.18. The number of hydrogen-bond acceptors (Lipinski definition) is 5. The number of nitrogens with one attached hydrogen (secondary N) is 2. The lowest BCUT2D eigenvalue weighted by molar-refractivity contribution is -0.991. The minimum Gasteiger partial charge on any atom is -0.595 e. The first-order chi connectivity index (χ1) is 5.25. The Morgan fingerprint density at radius 3 is 2.91 bits per heavy atom. The number of nitrogens with zero attached hydrogens (tertiary/aromatic N) is 1. The van der Waals surface area contributed by atoms with Gasteiger partial charge in [0, 0.05) is 12.3 Å². The molecule has 0 amide bonds. The first-order valence-electron chi connectivity index (χ1n) is 2.90. The molecular formula is C5H8N4O2. The van der Waals surface area contributed by atoms with Crippen molar-refractivity contribution in [3.8, 4) is 0 Å². The number of nitrogen functional groups attached to an aromatic ring is 1. The molecule has 1 atom stereocenters. The second kappa shape index (κ2) is 3.26. The number of rotatable bonds is 2. The zero-order valence-corrected chi connectivity index (χ0v) is 5.61. The Labute approximate surface area is 62.8 Å². The van der Waals surface area contributed by atoms with Gasteiger partial charge in [0.25, 0.3) is 0 Å². The van der Waals surface area contributed by atoms with E-state index in [9.17, 15) is 5.21 Å². The first kappa shape index (κ1) is 7.89. The van der Waals surface area contributed by atoms with Crippen molar-refractivity contribution in [1.29, 1.82) is 0 Å². The molecule has 60 valence electrons. The molecule has 0 aliphatic heterocycles.